The van der Waals surface area contributed by atoms with Gasteiger partial charge in [0.1, 0.15) is 5.82 Å². The number of halogens is 1. The first-order valence-corrected chi connectivity index (χ1v) is 6.98. The van der Waals surface area contributed by atoms with Gasteiger partial charge in [0.25, 0.3) is 0 Å². The molecule has 0 saturated carbocycles. The minimum absolute atomic E-state index is 0.169. The van der Waals surface area contributed by atoms with Crippen molar-refractivity contribution in [1.82, 2.24) is 10.5 Å². The number of fused-ring (bicyclic) bond motifs is 1. The van der Waals surface area contributed by atoms with Gasteiger partial charge in [-0.2, -0.15) is 0 Å². The summed E-state index contributed by atoms with van der Waals surface area (Å²) in [6.45, 7) is 5.89. The van der Waals surface area contributed by atoms with Crippen LogP contribution in [0.3, 0.4) is 0 Å². The Morgan fingerprint density at radius 1 is 1.32 bits per heavy atom. The predicted octanol–water partition coefficient (Wildman–Crippen LogP) is 2.71. The third kappa shape index (κ3) is 2.32. The Morgan fingerprint density at radius 2 is 2.05 bits per heavy atom. The second-order valence-corrected chi connectivity index (χ2v) is 6.34. The number of anilines is 1. The highest BCUT2D eigenvalue weighted by molar-refractivity contribution is 6.08. The Kier molecular flexibility index (Phi) is 3.16. The summed E-state index contributed by atoms with van der Waals surface area (Å²) in [5, 5.41) is 6.49. The Bertz CT molecular complexity index is 776. The van der Waals surface area contributed by atoms with Crippen molar-refractivity contribution in [3.8, 4) is 0 Å². The van der Waals surface area contributed by atoms with Gasteiger partial charge in [0.05, 0.1) is 5.39 Å². The van der Waals surface area contributed by atoms with Crippen molar-refractivity contribution in [1.29, 1.82) is 0 Å². The first kappa shape index (κ1) is 14.5. The smallest absolute Gasteiger partial charge is 0.329 e. The van der Waals surface area contributed by atoms with Crippen molar-refractivity contribution < 1.29 is 18.5 Å². The number of urea groups is 1. The molecular formula is C15H16FN3O3. The van der Waals surface area contributed by atoms with Crippen LogP contribution in [0.15, 0.2) is 16.7 Å². The van der Waals surface area contributed by atoms with E-state index in [0.29, 0.717) is 16.5 Å². The topological polar surface area (TPSA) is 75.4 Å². The molecule has 1 aliphatic rings. The summed E-state index contributed by atoms with van der Waals surface area (Å²) in [6.07, 6.45) is 0.169. The number of imide groups is 1. The van der Waals surface area contributed by atoms with E-state index >= 15 is 0 Å². The fourth-order valence-electron chi connectivity index (χ4n) is 2.48. The van der Waals surface area contributed by atoms with Crippen LogP contribution in [0.25, 0.3) is 11.0 Å². The standard InChI is InChI=1S/C15H16FN3O3/c1-15(2,3)9-7-11-8(6-10(9)16)13(18-22-11)19-5-4-12(20)17-14(19)21/h6-7H,4-5H2,1-3H3,(H,17,20,21). The number of rotatable bonds is 1. The molecule has 7 heteroatoms. The van der Waals surface area contributed by atoms with Gasteiger partial charge in [0.2, 0.25) is 5.91 Å². The molecule has 116 valence electrons. The number of carbonyl (C=O) groups excluding carboxylic acids is 2. The monoisotopic (exact) mass is 305 g/mol. The number of hydrogen-bond acceptors (Lipinski definition) is 4. The molecule has 1 aromatic heterocycles. The summed E-state index contributed by atoms with van der Waals surface area (Å²) < 4.78 is 19.6. The molecule has 0 aliphatic carbocycles. The van der Waals surface area contributed by atoms with Gasteiger partial charge in [0, 0.05) is 13.0 Å². The van der Waals surface area contributed by atoms with Crippen LogP contribution in [0.2, 0.25) is 0 Å². The number of amides is 3. The average Bonchev–Trinajstić information content (AvgIpc) is 2.79. The van der Waals surface area contributed by atoms with Crippen LogP contribution in [-0.4, -0.2) is 23.6 Å². The van der Waals surface area contributed by atoms with E-state index in [2.05, 4.69) is 10.5 Å². The highest BCUT2D eigenvalue weighted by Crippen LogP contribution is 2.33. The van der Waals surface area contributed by atoms with Crippen LogP contribution in [0, 0.1) is 5.82 Å². The maximum absolute atomic E-state index is 14.4. The van der Waals surface area contributed by atoms with Crippen LogP contribution >= 0.6 is 0 Å². The average molecular weight is 305 g/mol. The molecule has 0 unspecified atom stereocenters. The molecule has 0 radical (unpaired) electrons. The van der Waals surface area contributed by atoms with E-state index in [1.54, 1.807) is 6.07 Å². The largest absolute Gasteiger partial charge is 0.354 e. The highest BCUT2D eigenvalue weighted by Gasteiger charge is 2.29. The van der Waals surface area contributed by atoms with Crippen LogP contribution in [-0.2, 0) is 10.2 Å². The van der Waals surface area contributed by atoms with Gasteiger partial charge in [-0.3, -0.25) is 15.0 Å². The zero-order valence-corrected chi connectivity index (χ0v) is 12.6. The van der Waals surface area contributed by atoms with Crippen molar-refractivity contribution in [2.45, 2.75) is 32.6 Å². The van der Waals surface area contributed by atoms with Gasteiger partial charge in [0.15, 0.2) is 11.4 Å². The number of nitrogens with one attached hydrogen (secondary N) is 1. The summed E-state index contributed by atoms with van der Waals surface area (Å²) in [6, 6.07) is 2.35. The van der Waals surface area contributed by atoms with E-state index in [-0.39, 0.29) is 35.9 Å². The molecule has 1 saturated heterocycles. The minimum Gasteiger partial charge on any atom is -0.354 e. The number of benzene rings is 1. The van der Waals surface area contributed by atoms with E-state index in [1.807, 2.05) is 20.8 Å². The molecule has 2 aromatic rings. The van der Waals surface area contributed by atoms with E-state index in [0.717, 1.165) is 0 Å². The predicted molar refractivity (Wildman–Crippen MR) is 78.2 cm³/mol. The maximum atomic E-state index is 14.4. The SMILES string of the molecule is CC(C)(C)c1cc2onc(N3CCC(=O)NC3=O)c2cc1F. The molecule has 6 nitrogen and oxygen atoms in total. The lowest BCUT2D eigenvalue weighted by Crippen LogP contribution is -2.49. The van der Waals surface area contributed by atoms with Crippen LogP contribution in [0.4, 0.5) is 15.0 Å². The molecule has 1 fully saturated rings. The molecule has 0 bridgehead atoms. The van der Waals surface area contributed by atoms with Crippen LogP contribution < -0.4 is 10.2 Å². The van der Waals surface area contributed by atoms with Gasteiger partial charge in [-0.1, -0.05) is 25.9 Å². The van der Waals surface area contributed by atoms with Crippen molar-refractivity contribution in [3.05, 3.63) is 23.5 Å². The summed E-state index contributed by atoms with van der Waals surface area (Å²) in [7, 11) is 0. The number of aromatic nitrogens is 1. The Hall–Kier alpha value is -2.44. The molecule has 1 N–H and O–H groups in total. The molecule has 3 amide bonds. The van der Waals surface area contributed by atoms with Crippen molar-refractivity contribution >= 4 is 28.7 Å². The Labute approximate surface area is 126 Å². The zero-order chi connectivity index (χ0) is 16.1. The van der Waals surface area contributed by atoms with Gasteiger partial charge in [-0.25, -0.2) is 9.18 Å². The third-order valence-electron chi connectivity index (χ3n) is 3.66. The number of hydrogen-bond donors (Lipinski definition) is 1. The normalized spacial score (nSPS) is 16.3. The summed E-state index contributed by atoms with van der Waals surface area (Å²) in [5.41, 5.74) is 0.548. The quantitative estimate of drug-likeness (QED) is 0.879. The number of nitrogens with zero attached hydrogens (tertiary/aromatic N) is 2. The molecular weight excluding hydrogens is 289 g/mol. The lowest BCUT2D eigenvalue weighted by Gasteiger charge is -2.24. The maximum Gasteiger partial charge on any atom is 0.329 e. The highest BCUT2D eigenvalue weighted by atomic mass is 19.1. The van der Waals surface area contributed by atoms with Gasteiger partial charge >= 0.3 is 6.03 Å². The van der Waals surface area contributed by atoms with Crippen LogP contribution in [0.5, 0.6) is 0 Å². The van der Waals surface area contributed by atoms with Gasteiger partial charge < -0.3 is 4.52 Å². The lowest BCUT2D eigenvalue weighted by atomic mass is 9.86. The van der Waals surface area contributed by atoms with E-state index in [9.17, 15) is 14.0 Å². The Morgan fingerprint density at radius 3 is 2.68 bits per heavy atom. The van der Waals surface area contributed by atoms with Crippen molar-refractivity contribution in [2.75, 3.05) is 11.4 Å². The van der Waals surface area contributed by atoms with E-state index in [1.165, 1.54) is 11.0 Å². The summed E-state index contributed by atoms with van der Waals surface area (Å²) in [4.78, 5) is 24.4. The second kappa shape index (κ2) is 4.79. The molecule has 1 aromatic carbocycles. The molecule has 1 aliphatic heterocycles. The van der Waals surface area contributed by atoms with Gasteiger partial charge in [-0.05, 0) is 23.1 Å². The van der Waals surface area contributed by atoms with E-state index < -0.39 is 6.03 Å². The molecule has 0 atom stereocenters. The number of carbonyl (C=O) groups is 2. The third-order valence-corrected chi connectivity index (χ3v) is 3.66. The molecule has 2 heterocycles. The fourth-order valence-corrected chi connectivity index (χ4v) is 2.48. The first-order chi connectivity index (χ1) is 10.3. The second-order valence-electron chi connectivity index (χ2n) is 6.34. The minimum atomic E-state index is -0.577. The van der Waals surface area contributed by atoms with Crippen LogP contribution in [0.1, 0.15) is 32.8 Å². The lowest BCUT2D eigenvalue weighted by molar-refractivity contribution is -0.120. The Balaban J connectivity index is 2.08. The molecule has 0 spiro atoms. The first-order valence-electron chi connectivity index (χ1n) is 6.98. The summed E-state index contributed by atoms with van der Waals surface area (Å²) >= 11 is 0. The molecule has 3 rings (SSSR count). The zero-order valence-electron chi connectivity index (χ0n) is 12.6. The molecule has 22 heavy (non-hydrogen) atoms. The van der Waals surface area contributed by atoms with E-state index in [4.69, 9.17) is 4.52 Å². The summed E-state index contributed by atoms with van der Waals surface area (Å²) in [5.74, 6) is -0.493. The van der Waals surface area contributed by atoms with Crippen molar-refractivity contribution in [3.63, 3.8) is 0 Å². The van der Waals surface area contributed by atoms with Gasteiger partial charge in [-0.15, -0.1) is 0 Å². The fraction of sp³-hybridized carbons (Fsp3) is 0.400. The van der Waals surface area contributed by atoms with Crippen molar-refractivity contribution in [2.24, 2.45) is 0 Å².